The van der Waals surface area contributed by atoms with Crippen LogP contribution >= 0.6 is 31.9 Å². The molecule has 0 radical (unpaired) electrons. The summed E-state index contributed by atoms with van der Waals surface area (Å²) in [6, 6.07) is 0. The zero-order chi connectivity index (χ0) is 10.9. The number of hydrogen-bond acceptors (Lipinski definition) is 2. The van der Waals surface area contributed by atoms with Gasteiger partial charge in [-0.1, -0.05) is 31.9 Å². The fourth-order valence-electron chi connectivity index (χ4n) is 1.43. The molecule has 0 atom stereocenters. The van der Waals surface area contributed by atoms with Crippen LogP contribution in [0.15, 0.2) is 8.95 Å². The van der Waals surface area contributed by atoms with Crippen LogP contribution in [-0.4, -0.2) is 10.2 Å². The minimum atomic E-state index is -0.0295. The lowest BCUT2D eigenvalue weighted by Crippen LogP contribution is -2.01. The molecule has 0 bridgehead atoms. The highest BCUT2D eigenvalue weighted by Gasteiger charge is 2.15. The first-order valence-electron chi connectivity index (χ1n) is 4.22. The van der Waals surface area contributed by atoms with E-state index in [1.54, 1.807) is 0 Å². The van der Waals surface area contributed by atoms with Crippen LogP contribution in [0.3, 0.4) is 0 Å². The van der Waals surface area contributed by atoms with Gasteiger partial charge in [0, 0.05) is 8.95 Å². The Morgan fingerprint density at radius 3 is 1.50 bits per heavy atom. The molecule has 0 unspecified atom stereocenters. The Labute approximate surface area is 100 Å². The van der Waals surface area contributed by atoms with Gasteiger partial charge in [0.15, 0.2) is 0 Å². The second-order valence-corrected chi connectivity index (χ2v) is 4.74. The molecule has 0 aromatic heterocycles. The third-order valence-electron chi connectivity index (χ3n) is 2.41. The molecular formula is C10H12Br2O2. The van der Waals surface area contributed by atoms with Crippen molar-refractivity contribution in [1.82, 2.24) is 0 Å². The van der Waals surface area contributed by atoms with E-state index in [9.17, 15) is 10.2 Å². The van der Waals surface area contributed by atoms with Crippen molar-refractivity contribution in [2.45, 2.75) is 27.1 Å². The molecule has 1 aromatic rings. The van der Waals surface area contributed by atoms with Crippen LogP contribution in [0.1, 0.15) is 22.3 Å². The quantitative estimate of drug-likeness (QED) is 0.878. The Kier molecular flexibility index (Phi) is 4.13. The van der Waals surface area contributed by atoms with Crippen molar-refractivity contribution in [3.8, 4) is 0 Å². The second kappa shape index (κ2) is 4.75. The molecule has 0 saturated carbocycles. The van der Waals surface area contributed by atoms with E-state index >= 15 is 0 Å². The van der Waals surface area contributed by atoms with Crippen LogP contribution in [0.4, 0.5) is 0 Å². The van der Waals surface area contributed by atoms with Crippen LogP contribution in [0, 0.1) is 13.8 Å². The van der Waals surface area contributed by atoms with E-state index in [1.807, 2.05) is 13.8 Å². The standard InChI is InChI=1S/C10H12Br2O2/c1-5-7(3-13)10(12)8(4-14)6(2)9(5)11/h13-14H,3-4H2,1-2H3. The lowest BCUT2D eigenvalue weighted by Gasteiger charge is -2.15. The molecule has 0 heterocycles. The van der Waals surface area contributed by atoms with Gasteiger partial charge < -0.3 is 10.2 Å². The molecule has 0 spiro atoms. The summed E-state index contributed by atoms with van der Waals surface area (Å²) in [5.74, 6) is 0. The van der Waals surface area contributed by atoms with Gasteiger partial charge in [0.05, 0.1) is 13.2 Å². The molecule has 0 aliphatic heterocycles. The summed E-state index contributed by atoms with van der Waals surface area (Å²) in [6.07, 6.45) is 0. The van der Waals surface area contributed by atoms with Crippen molar-refractivity contribution in [3.63, 3.8) is 0 Å². The molecule has 14 heavy (non-hydrogen) atoms. The average molecular weight is 324 g/mol. The monoisotopic (exact) mass is 322 g/mol. The topological polar surface area (TPSA) is 40.5 Å². The SMILES string of the molecule is Cc1c(Br)c(C)c(CO)c(Br)c1CO. The van der Waals surface area contributed by atoms with Gasteiger partial charge in [0.2, 0.25) is 0 Å². The maximum Gasteiger partial charge on any atom is 0.0695 e. The number of rotatable bonds is 2. The number of hydrogen-bond donors (Lipinski definition) is 2. The fourth-order valence-corrected chi connectivity index (χ4v) is 2.76. The molecule has 2 nitrogen and oxygen atoms in total. The summed E-state index contributed by atoms with van der Waals surface area (Å²) in [5.41, 5.74) is 3.67. The molecule has 1 aromatic carbocycles. The van der Waals surface area contributed by atoms with Gasteiger partial charge in [-0.3, -0.25) is 0 Å². The van der Waals surface area contributed by atoms with Crippen molar-refractivity contribution in [2.24, 2.45) is 0 Å². The van der Waals surface area contributed by atoms with E-state index in [4.69, 9.17) is 0 Å². The number of halogens is 2. The number of aliphatic hydroxyl groups is 2. The van der Waals surface area contributed by atoms with Crippen LogP contribution in [0.25, 0.3) is 0 Å². The van der Waals surface area contributed by atoms with Gasteiger partial charge in [-0.2, -0.15) is 0 Å². The Bertz CT molecular complexity index is 331. The third-order valence-corrected chi connectivity index (χ3v) is 4.56. The number of aliphatic hydroxyl groups excluding tert-OH is 2. The maximum atomic E-state index is 9.20. The van der Waals surface area contributed by atoms with E-state index in [0.717, 1.165) is 31.2 Å². The van der Waals surface area contributed by atoms with Crippen LogP contribution < -0.4 is 0 Å². The van der Waals surface area contributed by atoms with Crippen molar-refractivity contribution >= 4 is 31.9 Å². The van der Waals surface area contributed by atoms with Crippen molar-refractivity contribution in [3.05, 3.63) is 31.2 Å². The lowest BCUT2D eigenvalue weighted by molar-refractivity contribution is 0.272. The first kappa shape index (κ1) is 12.2. The molecule has 0 fully saturated rings. The highest BCUT2D eigenvalue weighted by molar-refractivity contribution is 9.11. The Morgan fingerprint density at radius 2 is 1.21 bits per heavy atom. The largest absolute Gasteiger partial charge is 0.392 e. The molecule has 0 amide bonds. The smallest absolute Gasteiger partial charge is 0.0695 e. The second-order valence-electron chi connectivity index (χ2n) is 3.15. The van der Waals surface area contributed by atoms with Crippen molar-refractivity contribution in [1.29, 1.82) is 0 Å². The first-order valence-corrected chi connectivity index (χ1v) is 5.80. The van der Waals surface area contributed by atoms with Crippen molar-refractivity contribution in [2.75, 3.05) is 0 Å². The predicted molar refractivity (Wildman–Crippen MR) is 63.2 cm³/mol. The molecule has 78 valence electrons. The molecule has 0 aliphatic rings. The number of benzene rings is 1. The summed E-state index contributed by atoms with van der Waals surface area (Å²) >= 11 is 6.85. The highest BCUT2D eigenvalue weighted by Crippen LogP contribution is 2.34. The predicted octanol–water partition coefficient (Wildman–Crippen LogP) is 2.81. The summed E-state index contributed by atoms with van der Waals surface area (Å²) < 4.78 is 1.76. The summed E-state index contributed by atoms with van der Waals surface area (Å²) in [7, 11) is 0. The minimum absolute atomic E-state index is 0.0295. The molecule has 0 saturated heterocycles. The van der Waals surface area contributed by atoms with E-state index in [2.05, 4.69) is 31.9 Å². The summed E-state index contributed by atoms with van der Waals surface area (Å²) in [6.45, 7) is 3.82. The first-order chi connectivity index (χ1) is 6.54. The van der Waals surface area contributed by atoms with Gasteiger partial charge in [0.25, 0.3) is 0 Å². The zero-order valence-electron chi connectivity index (χ0n) is 8.06. The molecule has 1 rings (SSSR count). The van der Waals surface area contributed by atoms with Crippen LogP contribution in [0.5, 0.6) is 0 Å². The third kappa shape index (κ3) is 1.89. The van der Waals surface area contributed by atoms with Crippen LogP contribution in [0.2, 0.25) is 0 Å². The van der Waals surface area contributed by atoms with Crippen LogP contribution in [-0.2, 0) is 13.2 Å². The van der Waals surface area contributed by atoms with E-state index in [1.165, 1.54) is 0 Å². The fraction of sp³-hybridized carbons (Fsp3) is 0.400. The average Bonchev–Trinajstić information content (AvgIpc) is 2.16. The Balaban J connectivity index is 3.56. The van der Waals surface area contributed by atoms with E-state index < -0.39 is 0 Å². The van der Waals surface area contributed by atoms with Gasteiger partial charge in [-0.05, 0) is 36.1 Å². The minimum Gasteiger partial charge on any atom is -0.392 e. The highest BCUT2D eigenvalue weighted by atomic mass is 79.9. The van der Waals surface area contributed by atoms with Gasteiger partial charge in [-0.25, -0.2) is 0 Å². The lowest BCUT2D eigenvalue weighted by atomic mass is 10.0. The molecular weight excluding hydrogens is 312 g/mol. The Hall–Kier alpha value is 0.1000. The molecule has 0 aliphatic carbocycles. The molecule has 4 heteroatoms. The normalized spacial score (nSPS) is 10.7. The maximum absolute atomic E-state index is 9.20. The van der Waals surface area contributed by atoms with Gasteiger partial charge in [-0.15, -0.1) is 0 Å². The van der Waals surface area contributed by atoms with E-state index in [0.29, 0.717) is 0 Å². The summed E-state index contributed by atoms with van der Waals surface area (Å²) in [5, 5.41) is 18.4. The summed E-state index contributed by atoms with van der Waals surface area (Å²) in [4.78, 5) is 0. The van der Waals surface area contributed by atoms with Gasteiger partial charge in [0.1, 0.15) is 0 Å². The van der Waals surface area contributed by atoms with Crippen molar-refractivity contribution < 1.29 is 10.2 Å². The zero-order valence-corrected chi connectivity index (χ0v) is 11.2. The van der Waals surface area contributed by atoms with Gasteiger partial charge >= 0.3 is 0 Å². The molecule has 2 N–H and O–H groups in total. The van der Waals surface area contributed by atoms with E-state index in [-0.39, 0.29) is 13.2 Å². The Morgan fingerprint density at radius 1 is 0.857 bits per heavy atom.